The molecule has 26 heavy (non-hydrogen) atoms. The predicted molar refractivity (Wildman–Crippen MR) is 102 cm³/mol. The van der Waals surface area contributed by atoms with Crippen molar-refractivity contribution in [2.24, 2.45) is 0 Å². The number of ether oxygens (including phenoxy) is 1. The third kappa shape index (κ3) is 3.45. The number of nitrogens with one attached hydrogen (secondary N) is 1. The fourth-order valence-electron chi connectivity index (χ4n) is 2.60. The number of methoxy groups -OCH3 is 1. The summed E-state index contributed by atoms with van der Waals surface area (Å²) in [4.78, 5) is 25.0. The van der Waals surface area contributed by atoms with Crippen LogP contribution in [0.4, 0.5) is 10.7 Å². The molecule has 5 nitrogen and oxygen atoms in total. The number of thiophene rings is 1. The van der Waals surface area contributed by atoms with Crippen LogP contribution in [-0.2, 0) is 0 Å². The Hall–Kier alpha value is -3.12. The Balaban J connectivity index is 2.00. The highest BCUT2D eigenvalue weighted by atomic mass is 32.1. The lowest BCUT2D eigenvalue weighted by atomic mass is 10.0. The summed E-state index contributed by atoms with van der Waals surface area (Å²) >= 11 is 1.15. The average Bonchev–Trinajstić information content (AvgIpc) is 2.98. The number of rotatable bonds is 6. The monoisotopic (exact) mass is 367 g/mol. The molecule has 1 heterocycles. The lowest BCUT2D eigenvalue weighted by Gasteiger charge is -2.04. The highest BCUT2D eigenvalue weighted by Crippen LogP contribution is 2.36. The van der Waals surface area contributed by atoms with E-state index in [0.29, 0.717) is 26.8 Å². The van der Waals surface area contributed by atoms with Crippen LogP contribution in [0.25, 0.3) is 0 Å². The van der Waals surface area contributed by atoms with Gasteiger partial charge in [-0.2, -0.15) is 0 Å². The molecule has 0 bridgehead atoms. The third-order valence-corrected chi connectivity index (χ3v) is 5.16. The van der Waals surface area contributed by atoms with E-state index in [2.05, 4.69) is 5.32 Å². The number of carbonyl (C=O) groups is 2. The zero-order valence-corrected chi connectivity index (χ0v) is 15.1. The molecule has 6 heteroatoms. The molecule has 3 rings (SSSR count). The first-order valence-electron chi connectivity index (χ1n) is 7.88. The van der Waals surface area contributed by atoms with Gasteiger partial charge >= 0.3 is 5.97 Å². The van der Waals surface area contributed by atoms with Gasteiger partial charge < -0.3 is 15.2 Å². The van der Waals surface area contributed by atoms with Gasteiger partial charge in [0.1, 0.15) is 10.8 Å². The van der Waals surface area contributed by atoms with Crippen molar-refractivity contribution < 1.29 is 19.4 Å². The Morgan fingerprint density at radius 1 is 1.04 bits per heavy atom. The van der Waals surface area contributed by atoms with E-state index in [4.69, 9.17) is 4.74 Å². The Morgan fingerprint density at radius 3 is 2.27 bits per heavy atom. The van der Waals surface area contributed by atoms with E-state index in [1.165, 1.54) is 0 Å². The summed E-state index contributed by atoms with van der Waals surface area (Å²) in [7, 11) is 1.56. The molecule has 0 amide bonds. The maximum absolute atomic E-state index is 12.9. The first-order valence-corrected chi connectivity index (χ1v) is 8.70. The minimum atomic E-state index is -1.06. The van der Waals surface area contributed by atoms with Crippen LogP contribution in [0.15, 0.2) is 54.6 Å². The Morgan fingerprint density at radius 2 is 1.69 bits per heavy atom. The molecule has 132 valence electrons. The van der Waals surface area contributed by atoms with E-state index in [1.807, 2.05) is 30.3 Å². The zero-order valence-electron chi connectivity index (χ0n) is 14.3. The summed E-state index contributed by atoms with van der Waals surface area (Å²) in [5.41, 5.74) is 1.83. The zero-order chi connectivity index (χ0) is 18.7. The number of benzene rings is 2. The summed E-state index contributed by atoms with van der Waals surface area (Å²) in [6.45, 7) is 1.66. The minimum absolute atomic E-state index is 0.121. The van der Waals surface area contributed by atoms with Crippen LogP contribution in [0.3, 0.4) is 0 Å². The van der Waals surface area contributed by atoms with Crippen molar-refractivity contribution in [2.75, 3.05) is 12.4 Å². The highest BCUT2D eigenvalue weighted by Gasteiger charge is 2.25. The molecule has 0 saturated carbocycles. The molecule has 0 spiro atoms. The van der Waals surface area contributed by atoms with Gasteiger partial charge in [-0.05, 0) is 48.9 Å². The number of anilines is 2. The first kappa shape index (κ1) is 17.7. The number of carboxylic acids is 1. The summed E-state index contributed by atoms with van der Waals surface area (Å²) in [5, 5.41) is 13.1. The van der Waals surface area contributed by atoms with Crippen molar-refractivity contribution >= 4 is 33.8 Å². The molecule has 0 atom stereocenters. The second-order valence-electron chi connectivity index (χ2n) is 5.61. The molecule has 0 aliphatic rings. The molecular formula is C20H17NO4S. The summed E-state index contributed by atoms with van der Waals surface area (Å²) in [5.74, 6) is -0.619. The van der Waals surface area contributed by atoms with Crippen LogP contribution in [0.5, 0.6) is 5.75 Å². The Kier molecular flexibility index (Phi) is 5.04. The van der Waals surface area contributed by atoms with Gasteiger partial charge in [0.05, 0.1) is 17.6 Å². The molecule has 1 aromatic heterocycles. The number of carboxylic acid groups (broad SMARTS) is 1. The first-order chi connectivity index (χ1) is 12.5. The fraction of sp³-hybridized carbons (Fsp3) is 0.100. The van der Waals surface area contributed by atoms with Gasteiger partial charge in [-0.1, -0.05) is 18.2 Å². The van der Waals surface area contributed by atoms with E-state index in [0.717, 1.165) is 17.0 Å². The number of ketones is 1. The second kappa shape index (κ2) is 7.41. The smallest absolute Gasteiger partial charge is 0.339 e. The maximum Gasteiger partial charge on any atom is 0.339 e. The second-order valence-corrected chi connectivity index (χ2v) is 6.63. The van der Waals surface area contributed by atoms with E-state index in [1.54, 1.807) is 38.3 Å². The van der Waals surface area contributed by atoms with Crippen LogP contribution in [-0.4, -0.2) is 24.0 Å². The molecule has 0 aliphatic heterocycles. The molecular weight excluding hydrogens is 350 g/mol. The van der Waals surface area contributed by atoms with Crippen molar-refractivity contribution in [2.45, 2.75) is 6.92 Å². The van der Waals surface area contributed by atoms with Crippen LogP contribution in [0.2, 0.25) is 0 Å². The lowest BCUT2D eigenvalue weighted by molar-refractivity contribution is 0.0697. The number of carbonyl (C=O) groups excluding carboxylic acids is 1. The van der Waals surface area contributed by atoms with Crippen LogP contribution < -0.4 is 10.1 Å². The predicted octanol–water partition coefficient (Wildman–Crippen LogP) is 4.74. The number of para-hydroxylation sites is 1. The third-order valence-electron chi connectivity index (χ3n) is 3.95. The highest BCUT2D eigenvalue weighted by molar-refractivity contribution is 7.18. The van der Waals surface area contributed by atoms with Crippen molar-refractivity contribution in [3.05, 3.63) is 76.2 Å². The standard InChI is InChI=1S/C20H17NO4S/c1-12-16(20(23)24)19(21-14-6-4-3-5-7-14)26-18(12)17(22)13-8-10-15(25-2)11-9-13/h3-11,21H,1-2H3,(H,23,24). The summed E-state index contributed by atoms with van der Waals surface area (Å²) < 4.78 is 5.10. The minimum Gasteiger partial charge on any atom is -0.497 e. The maximum atomic E-state index is 12.9. The van der Waals surface area contributed by atoms with Crippen molar-refractivity contribution in [1.82, 2.24) is 0 Å². The van der Waals surface area contributed by atoms with E-state index < -0.39 is 5.97 Å². The summed E-state index contributed by atoms with van der Waals surface area (Å²) in [6, 6.07) is 16.0. The molecule has 0 radical (unpaired) electrons. The van der Waals surface area contributed by atoms with Gasteiger partial charge in [0, 0.05) is 11.3 Å². The van der Waals surface area contributed by atoms with Gasteiger partial charge in [0.15, 0.2) is 0 Å². The van der Waals surface area contributed by atoms with Crippen LogP contribution >= 0.6 is 11.3 Å². The van der Waals surface area contributed by atoms with E-state index >= 15 is 0 Å². The molecule has 0 fully saturated rings. The summed E-state index contributed by atoms with van der Waals surface area (Å²) in [6.07, 6.45) is 0. The van der Waals surface area contributed by atoms with Crippen LogP contribution in [0, 0.1) is 6.92 Å². The van der Waals surface area contributed by atoms with Crippen molar-refractivity contribution in [1.29, 1.82) is 0 Å². The van der Waals surface area contributed by atoms with Crippen LogP contribution in [0.1, 0.15) is 31.2 Å². The van der Waals surface area contributed by atoms with Gasteiger partial charge in [-0.15, -0.1) is 11.3 Å². The van der Waals surface area contributed by atoms with E-state index in [-0.39, 0.29) is 11.3 Å². The molecule has 3 aromatic rings. The normalized spacial score (nSPS) is 10.4. The Labute approximate surface area is 154 Å². The fourth-order valence-corrected chi connectivity index (χ4v) is 3.78. The topological polar surface area (TPSA) is 75.6 Å². The molecule has 0 unspecified atom stereocenters. The van der Waals surface area contributed by atoms with Gasteiger partial charge in [0.25, 0.3) is 0 Å². The molecule has 0 aliphatic carbocycles. The molecule has 0 saturated heterocycles. The molecule has 2 N–H and O–H groups in total. The van der Waals surface area contributed by atoms with Gasteiger partial charge in [-0.3, -0.25) is 4.79 Å². The van der Waals surface area contributed by atoms with E-state index in [9.17, 15) is 14.7 Å². The van der Waals surface area contributed by atoms with Gasteiger partial charge in [-0.25, -0.2) is 4.79 Å². The number of hydrogen-bond donors (Lipinski definition) is 2. The Bertz CT molecular complexity index is 946. The largest absolute Gasteiger partial charge is 0.497 e. The quantitative estimate of drug-likeness (QED) is 0.616. The number of aromatic carboxylic acids is 1. The number of hydrogen-bond acceptors (Lipinski definition) is 5. The van der Waals surface area contributed by atoms with Gasteiger partial charge in [0.2, 0.25) is 5.78 Å². The average molecular weight is 367 g/mol. The lowest BCUT2D eigenvalue weighted by Crippen LogP contribution is -2.04. The van der Waals surface area contributed by atoms with Crippen molar-refractivity contribution in [3.8, 4) is 5.75 Å². The van der Waals surface area contributed by atoms with Crippen molar-refractivity contribution in [3.63, 3.8) is 0 Å². The SMILES string of the molecule is COc1ccc(C(=O)c2sc(Nc3ccccc3)c(C(=O)O)c2C)cc1. The molecule has 2 aromatic carbocycles.